The third kappa shape index (κ3) is 3.17. The second kappa shape index (κ2) is 7.71. The monoisotopic (exact) mass is 415 g/mol. The number of nitrogens with zero attached hydrogens (tertiary/aromatic N) is 1. The highest BCUT2D eigenvalue weighted by atomic mass is 14.9. The van der Waals surface area contributed by atoms with Crippen LogP contribution < -0.4 is 10.9 Å². The van der Waals surface area contributed by atoms with E-state index in [1.807, 2.05) is 0 Å². The average molecular weight is 415 g/mol. The lowest BCUT2D eigenvalue weighted by Gasteiger charge is -2.26. The molecule has 0 bridgehead atoms. The molecule has 158 valence electrons. The Hall–Kier alpha value is -3.26. The van der Waals surface area contributed by atoms with Crippen LogP contribution in [0.15, 0.2) is 72.8 Å². The van der Waals surface area contributed by atoms with Gasteiger partial charge in [0.25, 0.3) is 0 Å². The first-order chi connectivity index (χ1) is 15.4. The zero-order valence-corrected chi connectivity index (χ0v) is 20.0. The minimum absolute atomic E-state index is 0.112. The fourth-order valence-electron chi connectivity index (χ4n) is 5.88. The molecule has 0 saturated heterocycles. The Morgan fingerprint density at radius 2 is 0.844 bits per heavy atom. The van der Waals surface area contributed by atoms with Crippen molar-refractivity contribution in [1.29, 1.82) is 0 Å². The predicted octanol–water partition coefficient (Wildman–Crippen LogP) is 6.30. The lowest BCUT2D eigenvalue weighted by atomic mass is 9.46. The summed E-state index contributed by atoms with van der Waals surface area (Å²) in [6.07, 6.45) is 0. The Labute approximate surface area is 191 Å². The molecule has 1 heterocycles. The van der Waals surface area contributed by atoms with E-state index in [2.05, 4.69) is 119 Å². The van der Waals surface area contributed by atoms with E-state index in [0.29, 0.717) is 0 Å². The third-order valence-corrected chi connectivity index (χ3v) is 6.90. The van der Waals surface area contributed by atoms with Crippen LogP contribution in [0.4, 0.5) is 0 Å². The molecule has 5 aromatic rings. The van der Waals surface area contributed by atoms with Gasteiger partial charge in [-0.1, -0.05) is 94.0 Å². The first-order valence-corrected chi connectivity index (χ1v) is 11.5. The van der Waals surface area contributed by atoms with E-state index >= 15 is 0 Å². The Morgan fingerprint density at radius 3 is 1.22 bits per heavy atom. The number of para-hydroxylation sites is 2. The van der Waals surface area contributed by atoms with Gasteiger partial charge in [-0.3, -0.25) is 0 Å². The zero-order chi connectivity index (χ0) is 22.6. The summed E-state index contributed by atoms with van der Waals surface area (Å²) >= 11 is 0. The first-order valence-electron chi connectivity index (χ1n) is 11.5. The van der Waals surface area contributed by atoms with E-state index in [9.17, 15) is 0 Å². The molecule has 0 spiro atoms. The number of aromatic nitrogens is 1. The number of hydrogen-bond donors (Lipinski definition) is 0. The molecule has 1 nitrogen and oxygen atoms in total. The van der Waals surface area contributed by atoms with E-state index < -0.39 is 0 Å². The number of aryl methyl sites for hydroxylation is 6. The quantitative estimate of drug-likeness (QED) is 0.305. The van der Waals surface area contributed by atoms with Crippen molar-refractivity contribution < 1.29 is 0 Å². The van der Waals surface area contributed by atoms with E-state index in [1.165, 1.54) is 66.1 Å². The maximum absolute atomic E-state index is 2.58. The molecular weight excluding hydrogens is 385 g/mol. The van der Waals surface area contributed by atoms with Crippen molar-refractivity contribution in [2.24, 2.45) is 0 Å². The molecule has 0 N–H and O–H groups in total. The number of rotatable bonds is 3. The molecule has 4 aromatic carbocycles. The molecule has 0 unspecified atom stereocenters. The number of hydrogen-bond acceptors (Lipinski definition) is 0. The van der Waals surface area contributed by atoms with Gasteiger partial charge in [0.15, 0.2) is 0 Å². The second-order valence-electron chi connectivity index (χ2n) is 9.43. The lowest BCUT2D eigenvalue weighted by Crippen LogP contribution is -2.53. The normalized spacial score (nSPS) is 11.4. The fourth-order valence-corrected chi connectivity index (χ4v) is 5.88. The molecule has 5 rings (SSSR count). The molecule has 0 aliphatic rings. The topological polar surface area (TPSA) is 4.93 Å². The minimum Gasteiger partial charge on any atom is -0.376 e. The van der Waals surface area contributed by atoms with Crippen molar-refractivity contribution in [2.45, 2.75) is 41.5 Å². The van der Waals surface area contributed by atoms with Gasteiger partial charge in [-0.2, -0.15) is 0 Å². The smallest absolute Gasteiger partial charge is 0.329 e. The number of fused-ring (bicyclic) bond motifs is 3. The Morgan fingerprint density at radius 1 is 0.500 bits per heavy atom. The molecule has 1 aromatic heterocycles. The van der Waals surface area contributed by atoms with Crippen molar-refractivity contribution in [3.8, 4) is 0 Å². The summed E-state index contributed by atoms with van der Waals surface area (Å²) in [5, 5.41) is 2.64. The fraction of sp³-hybridized carbons (Fsp3) is 0.200. The van der Waals surface area contributed by atoms with Gasteiger partial charge < -0.3 is 4.48 Å². The molecule has 0 fully saturated rings. The van der Waals surface area contributed by atoms with Crippen molar-refractivity contribution in [3.05, 3.63) is 106 Å². The van der Waals surface area contributed by atoms with Crippen LogP contribution in [0.25, 0.3) is 21.8 Å². The summed E-state index contributed by atoms with van der Waals surface area (Å²) in [7, 11) is 0. The highest BCUT2D eigenvalue weighted by molar-refractivity contribution is 6.86. The van der Waals surface area contributed by atoms with Gasteiger partial charge in [0.1, 0.15) is 0 Å². The van der Waals surface area contributed by atoms with Crippen LogP contribution in [0.2, 0.25) is 0 Å². The van der Waals surface area contributed by atoms with Crippen LogP contribution >= 0.6 is 0 Å². The molecule has 0 saturated carbocycles. The summed E-state index contributed by atoms with van der Waals surface area (Å²) in [5.41, 5.74) is 13.5. The molecule has 0 aliphatic carbocycles. The van der Waals surface area contributed by atoms with Crippen molar-refractivity contribution in [2.75, 3.05) is 0 Å². The first kappa shape index (κ1) is 20.6. The molecule has 0 radical (unpaired) electrons. The maximum atomic E-state index is 2.58. The van der Waals surface area contributed by atoms with Crippen LogP contribution in [0.1, 0.15) is 33.4 Å². The second-order valence-corrected chi connectivity index (χ2v) is 9.43. The van der Waals surface area contributed by atoms with Gasteiger partial charge >= 0.3 is 6.85 Å². The molecular formula is C30H30BN. The average Bonchev–Trinajstić information content (AvgIpc) is 3.05. The summed E-state index contributed by atoms with van der Waals surface area (Å²) in [6, 6.07) is 27.0. The Bertz CT molecular complexity index is 1330. The van der Waals surface area contributed by atoms with Gasteiger partial charge in [0.2, 0.25) is 0 Å². The summed E-state index contributed by atoms with van der Waals surface area (Å²) in [6.45, 7) is 13.6. The standard InChI is InChI=1S/C30H30BN/c1-19-15-21(3)29(22(4)16-19)31(30-23(5)17-20(2)18-24(30)6)32-27-13-9-7-11-25(27)26-12-8-10-14-28(26)32/h7-18H,1-6H3. The third-order valence-electron chi connectivity index (χ3n) is 6.90. The summed E-state index contributed by atoms with van der Waals surface area (Å²) in [5.74, 6) is 0. The largest absolute Gasteiger partial charge is 0.376 e. The van der Waals surface area contributed by atoms with Gasteiger partial charge in [-0.15, -0.1) is 0 Å². The van der Waals surface area contributed by atoms with E-state index in [4.69, 9.17) is 0 Å². The van der Waals surface area contributed by atoms with Crippen LogP contribution in [-0.2, 0) is 0 Å². The van der Waals surface area contributed by atoms with Gasteiger partial charge in [-0.05, 0) is 64.6 Å². The van der Waals surface area contributed by atoms with Crippen LogP contribution in [0.5, 0.6) is 0 Å². The summed E-state index contributed by atoms with van der Waals surface area (Å²) in [4.78, 5) is 0. The van der Waals surface area contributed by atoms with E-state index in [-0.39, 0.29) is 6.85 Å². The van der Waals surface area contributed by atoms with E-state index in [1.54, 1.807) is 0 Å². The number of benzene rings is 4. The maximum Gasteiger partial charge on any atom is 0.329 e. The Kier molecular flexibility index (Phi) is 4.97. The molecule has 2 heteroatoms. The molecule has 0 atom stereocenters. The summed E-state index contributed by atoms with van der Waals surface area (Å²) < 4.78 is 2.58. The van der Waals surface area contributed by atoms with Gasteiger partial charge in [0.05, 0.1) is 0 Å². The SMILES string of the molecule is Cc1cc(C)c(B(c2c(C)cc(C)cc2C)n2c3ccccc3c3ccccc32)c(C)c1. The van der Waals surface area contributed by atoms with Gasteiger partial charge in [-0.25, -0.2) is 0 Å². The van der Waals surface area contributed by atoms with Crippen LogP contribution in [0.3, 0.4) is 0 Å². The minimum atomic E-state index is 0.112. The van der Waals surface area contributed by atoms with Crippen molar-refractivity contribution in [1.82, 2.24) is 4.48 Å². The lowest BCUT2D eigenvalue weighted by molar-refractivity contribution is 1.28. The highest BCUT2D eigenvalue weighted by Gasteiger charge is 2.31. The zero-order valence-electron chi connectivity index (χ0n) is 20.0. The van der Waals surface area contributed by atoms with Crippen LogP contribution in [0, 0.1) is 41.5 Å². The molecule has 32 heavy (non-hydrogen) atoms. The predicted molar refractivity (Wildman–Crippen MR) is 141 cm³/mol. The van der Waals surface area contributed by atoms with E-state index in [0.717, 1.165) is 0 Å². The van der Waals surface area contributed by atoms with Gasteiger partial charge in [0, 0.05) is 21.8 Å². The highest BCUT2D eigenvalue weighted by Crippen LogP contribution is 2.30. The Balaban J connectivity index is 1.98. The van der Waals surface area contributed by atoms with Crippen LogP contribution in [-0.4, -0.2) is 11.3 Å². The molecule has 0 aliphatic heterocycles. The van der Waals surface area contributed by atoms with Crippen molar-refractivity contribution >= 4 is 39.6 Å². The molecule has 0 amide bonds. The van der Waals surface area contributed by atoms with Crippen molar-refractivity contribution in [3.63, 3.8) is 0 Å².